The summed E-state index contributed by atoms with van der Waals surface area (Å²) >= 11 is 5.07. The molecule has 1 amide bonds. The first-order chi connectivity index (χ1) is 10.6. The van der Waals surface area contributed by atoms with Gasteiger partial charge in [-0.15, -0.1) is 11.3 Å². The van der Waals surface area contributed by atoms with E-state index < -0.39 is 0 Å². The van der Waals surface area contributed by atoms with E-state index in [1.165, 1.54) is 0 Å². The summed E-state index contributed by atoms with van der Waals surface area (Å²) in [5, 5.41) is 0. The van der Waals surface area contributed by atoms with E-state index in [0.29, 0.717) is 12.2 Å². The smallest absolute Gasteiger partial charge is 0.272 e. The first-order valence-corrected chi connectivity index (χ1v) is 8.33. The average Bonchev–Trinajstić information content (AvgIpc) is 3.16. The van der Waals surface area contributed by atoms with Crippen LogP contribution in [0.1, 0.15) is 15.4 Å². The van der Waals surface area contributed by atoms with Gasteiger partial charge in [0, 0.05) is 17.6 Å². The van der Waals surface area contributed by atoms with Gasteiger partial charge in [0.1, 0.15) is 5.69 Å². The Morgan fingerprint density at radius 1 is 1.27 bits per heavy atom. The molecule has 0 fully saturated rings. The molecule has 112 valence electrons. The molecular formula is C16H14BrN3OS. The topological polar surface area (TPSA) is 38.1 Å². The third kappa shape index (κ3) is 3.13. The summed E-state index contributed by atoms with van der Waals surface area (Å²) in [6.07, 6.45) is 3.27. The lowest BCUT2D eigenvalue weighted by Gasteiger charge is -2.17. The van der Waals surface area contributed by atoms with Crippen LogP contribution >= 0.6 is 27.3 Å². The zero-order valence-corrected chi connectivity index (χ0v) is 14.3. The lowest BCUT2D eigenvalue weighted by atomic mass is 10.3. The van der Waals surface area contributed by atoms with Crippen molar-refractivity contribution in [3.8, 4) is 5.69 Å². The van der Waals surface area contributed by atoms with Crippen molar-refractivity contribution >= 4 is 33.2 Å². The van der Waals surface area contributed by atoms with Crippen LogP contribution in [0.2, 0.25) is 0 Å². The number of hydrogen-bond donors (Lipinski definition) is 0. The highest BCUT2D eigenvalue weighted by atomic mass is 79.9. The highest BCUT2D eigenvalue weighted by Gasteiger charge is 2.18. The van der Waals surface area contributed by atoms with Crippen molar-refractivity contribution < 1.29 is 4.79 Å². The maximum Gasteiger partial charge on any atom is 0.272 e. The van der Waals surface area contributed by atoms with E-state index in [0.717, 1.165) is 14.4 Å². The number of aromatic nitrogens is 2. The third-order valence-electron chi connectivity index (χ3n) is 3.26. The minimum atomic E-state index is -0.0501. The van der Waals surface area contributed by atoms with Crippen molar-refractivity contribution in [2.75, 3.05) is 7.05 Å². The lowest BCUT2D eigenvalue weighted by molar-refractivity contribution is 0.0778. The molecule has 0 aliphatic heterocycles. The van der Waals surface area contributed by atoms with Crippen LogP contribution in [0, 0.1) is 0 Å². The molecule has 0 saturated carbocycles. The van der Waals surface area contributed by atoms with Crippen LogP contribution in [-0.2, 0) is 6.54 Å². The highest BCUT2D eigenvalue weighted by molar-refractivity contribution is 9.11. The Kier molecular flexibility index (Phi) is 4.40. The predicted octanol–water partition coefficient (Wildman–Crippen LogP) is 3.97. The third-order valence-corrected chi connectivity index (χ3v) is 4.87. The van der Waals surface area contributed by atoms with Crippen LogP contribution in [0.3, 0.4) is 0 Å². The zero-order valence-electron chi connectivity index (χ0n) is 11.9. The fourth-order valence-electron chi connectivity index (χ4n) is 2.19. The van der Waals surface area contributed by atoms with Crippen LogP contribution in [0.5, 0.6) is 0 Å². The number of carbonyl (C=O) groups is 1. The Balaban J connectivity index is 1.82. The molecule has 6 heteroatoms. The van der Waals surface area contributed by atoms with Gasteiger partial charge in [-0.1, -0.05) is 18.2 Å². The molecule has 2 aromatic heterocycles. The van der Waals surface area contributed by atoms with E-state index in [2.05, 4.69) is 20.9 Å². The molecule has 0 aliphatic rings. The number of thiophene rings is 1. The molecule has 1 aromatic carbocycles. The quantitative estimate of drug-likeness (QED) is 0.691. The Morgan fingerprint density at radius 2 is 2.05 bits per heavy atom. The molecule has 3 rings (SSSR count). The fraction of sp³-hybridized carbons (Fsp3) is 0.125. The van der Waals surface area contributed by atoms with Gasteiger partial charge in [0.25, 0.3) is 5.91 Å². The second kappa shape index (κ2) is 6.46. The van der Waals surface area contributed by atoms with Crippen molar-refractivity contribution in [3.05, 3.63) is 69.3 Å². The first kappa shape index (κ1) is 15.0. The van der Waals surface area contributed by atoms with Crippen LogP contribution in [0.25, 0.3) is 5.69 Å². The summed E-state index contributed by atoms with van der Waals surface area (Å²) in [4.78, 5) is 19.6. The molecular weight excluding hydrogens is 362 g/mol. The van der Waals surface area contributed by atoms with Gasteiger partial charge in [-0.2, -0.15) is 0 Å². The highest BCUT2D eigenvalue weighted by Crippen LogP contribution is 2.23. The maximum atomic E-state index is 12.7. The molecule has 2 heterocycles. The van der Waals surface area contributed by atoms with Crippen molar-refractivity contribution in [2.24, 2.45) is 0 Å². The van der Waals surface area contributed by atoms with E-state index in [1.807, 2.05) is 47.0 Å². The predicted molar refractivity (Wildman–Crippen MR) is 91.4 cm³/mol. The van der Waals surface area contributed by atoms with Crippen molar-refractivity contribution in [1.29, 1.82) is 0 Å². The number of halogens is 1. The molecule has 0 aliphatic carbocycles. The Hall–Kier alpha value is -1.92. The number of nitrogens with zero attached hydrogens (tertiary/aromatic N) is 3. The van der Waals surface area contributed by atoms with E-state index >= 15 is 0 Å². The summed E-state index contributed by atoms with van der Waals surface area (Å²) in [7, 11) is 1.80. The summed E-state index contributed by atoms with van der Waals surface area (Å²) in [5.41, 5.74) is 1.49. The molecule has 22 heavy (non-hydrogen) atoms. The van der Waals surface area contributed by atoms with Gasteiger partial charge in [0.2, 0.25) is 0 Å². The average molecular weight is 376 g/mol. The van der Waals surface area contributed by atoms with E-state index in [4.69, 9.17) is 0 Å². The largest absolute Gasteiger partial charge is 0.335 e. The second-order valence-corrected chi connectivity index (χ2v) is 7.40. The SMILES string of the molecule is CN(Cc1ccc(Br)s1)C(=O)c1cncn1-c1ccccc1. The molecule has 0 spiro atoms. The fourth-order valence-corrected chi connectivity index (χ4v) is 3.72. The number of amides is 1. The van der Waals surface area contributed by atoms with Crippen LogP contribution in [0.4, 0.5) is 0 Å². The molecule has 0 unspecified atom stereocenters. The second-order valence-electron chi connectivity index (χ2n) is 4.85. The van der Waals surface area contributed by atoms with Crippen molar-refractivity contribution in [2.45, 2.75) is 6.54 Å². The Labute approximate surface area is 141 Å². The molecule has 0 bridgehead atoms. The van der Waals surface area contributed by atoms with Crippen LogP contribution in [-0.4, -0.2) is 27.4 Å². The number of hydrogen-bond acceptors (Lipinski definition) is 3. The van der Waals surface area contributed by atoms with E-state index in [9.17, 15) is 4.79 Å². The van der Waals surface area contributed by atoms with Gasteiger partial charge in [-0.25, -0.2) is 4.98 Å². The van der Waals surface area contributed by atoms with Gasteiger partial charge < -0.3 is 4.90 Å². The lowest BCUT2D eigenvalue weighted by Crippen LogP contribution is -2.27. The summed E-state index contributed by atoms with van der Waals surface area (Å²) in [6.45, 7) is 0.578. The normalized spacial score (nSPS) is 10.6. The minimum Gasteiger partial charge on any atom is -0.335 e. The van der Waals surface area contributed by atoms with Gasteiger partial charge in [-0.3, -0.25) is 9.36 Å². The molecule has 0 radical (unpaired) electrons. The number of benzene rings is 1. The van der Waals surface area contributed by atoms with E-state index in [1.54, 1.807) is 35.8 Å². The number of rotatable bonds is 4. The monoisotopic (exact) mass is 375 g/mol. The van der Waals surface area contributed by atoms with Gasteiger partial charge >= 0.3 is 0 Å². The maximum absolute atomic E-state index is 12.7. The van der Waals surface area contributed by atoms with E-state index in [-0.39, 0.29) is 5.91 Å². The molecule has 3 aromatic rings. The standard InChI is InChI=1S/C16H14BrN3OS/c1-19(10-13-7-8-15(17)22-13)16(21)14-9-18-11-20(14)12-5-3-2-4-6-12/h2-9,11H,10H2,1H3. The molecule has 0 saturated heterocycles. The van der Waals surface area contributed by atoms with Gasteiger partial charge in [-0.05, 0) is 40.2 Å². The van der Waals surface area contributed by atoms with Crippen molar-refractivity contribution in [1.82, 2.24) is 14.5 Å². The molecule has 0 atom stereocenters. The Bertz CT molecular complexity index is 782. The van der Waals surface area contributed by atoms with Crippen LogP contribution < -0.4 is 0 Å². The number of imidazole rings is 1. The van der Waals surface area contributed by atoms with Gasteiger partial charge in [0.15, 0.2) is 0 Å². The summed E-state index contributed by atoms with van der Waals surface area (Å²) in [5.74, 6) is -0.0501. The van der Waals surface area contributed by atoms with Gasteiger partial charge in [0.05, 0.1) is 22.9 Å². The first-order valence-electron chi connectivity index (χ1n) is 6.72. The number of para-hydroxylation sites is 1. The summed E-state index contributed by atoms with van der Waals surface area (Å²) < 4.78 is 2.88. The molecule has 4 nitrogen and oxygen atoms in total. The number of carbonyl (C=O) groups excluding carboxylic acids is 1. The Morgan fingerprint density at radius 3 is 2.73 bits per heavy atom. The molecule has 0 N–H and O–H groups in total. The van der Waals surface area contributed by atoms with Crippen molar-refractivity contribution in [3.63, 3.8) is 0 Å². The minimum absolute atomic E-state index is 0.0501. The summed E-state index contributed by atoms with van der Waals surface area (Å²) in [6, 6.07) is 13.7. The zero-order chi connectivity index (χ0) is 15.5. The van der Waals surface area contributed by atoms with Crippen LogP contribution in [0.15, 0.2) is 58.8 Å².